The summed E-state index contributed by atoms with van der Waals surface area (Å²) in [5.74, 6) is 1.95. The van der Waals surface area contributed by atoms with Gasteiger partial charge in [0, 0.05) is 17.8 Å². The zero-order valence-electron chi connectivity index (χ0n) is 16.7. The highest BCUT2D eigenvalue weighted by atomic mass is 32.1. The Hall–Kier alpha value is -1.03. The van der Waals surface area contributed by atoms with E-state index in [1.54, 1.807) is 0 Å². The van der Waals surface area contributed by atoms with Gasteiger partial charge in [-0.3, -0.25) is 9.59 Å². The van der Waals surface area contributed by atoms with Crippen LogP contribution >= 0.6 is 12.6 Å². The van der Waals surface area contributed by atoms with Crippen LogP contribution < -0.4 is 0 Å². The molecule has 0 aromatic heterocycles. The quantitative estimate of drug-likeness (QED) is 0.415. The molecule has 0 saturated heterocycles. The molecule has 0 N–H and O–H groups in total. The third-order valence-corrected chi connectivity index (χ3v) is 8.81. The van der Waals surface area contributed by atoms with Gasteiger partial charge in [0.1, 0.15) is 6.10 Å². The van der Waals surface area contributed by atoms with Gasteiger partial charge >= 0.3 is 5.97 Å². The highest BCUT2D eigenvalue weighted by Crippen LogP contribution is 2.66. The molecule has 0 aromatic carbocycles. The first-order valence-corrected chi connectivity index (χ1v) is 11.1. The monoisotopic (exact) mass is 388 g/mol. The Bertz CT molecular complexity index is 710. The molecule has 0 heterocycles. The minimum Gasteiger partial charge on any atom is -0.454 e. The molecule has 0 radical (unpaired) electrons. The van der Waals surface area contributed by atoms with Crippen LogP contribution in [-0.2, 0) is 14.3 Å². The summed E-state index contributed by atoms with van der Waals surface area (Å²) >= 11 is 4.22. The van der Waals surface area contributed by atoms with Crippen LogP contribution in [0.3, 0.4) is 0 Å². The van der Waals surface area contributed by atoms with Gasteiger partial charge in [0.25, 0.3) is 0 Å². The number of esters is 1. The van der Waals surface area contributed by atoms with Crippen LogP contribution in [0.15, 0.2) is 23.8 Å². The Morgan fingerprint density at radius 2 is 1.96 bits per heavy atom. The minimum atomic E-state index is -0.205. The van der Waals surface area contributed by atoms with E-state index in [1.165, 1.54) is 24.8 Å². The number of hydrogen-bond donors (Lipinski definition) is 1. The molecular weight excluding hydrogens is 356 g/mol. The normalized spacial score (nSPS) is 45.3. The fourth-order valence-electron chi connectivity index (χ4n) is 7.02. The van der Waals surface area contributed by atoms with Crippen LogP contribution in [-0.4, -0.2) is 17.2 Å². The average Bonchev–Trinajstić information content (AvgIpc) is 2.99. The fourth-order valence-corrected chi connectivity index (χ4v) is 7.44. The molecule has 3 fully saturated rings. The molecular formula is C23H32O3S. The Morgan fingerprint density at radius 1 is 1.19 bits per heavy atom. The molecule has 0 bridgehead atoms. The molecule has 3 nitrogen and oxygen atoms in total. The smallest absolute Gasteiger partial charge is 0.306 e. The zero-order valence-corrected chi connectivity index (χ0v) is 17.6. The molecule has 1 unspecified atom stereocenters. The maximum Gasteiger partial charge on any atom is 0.306 e. The van der Waals surface area contributed by atoms with Crippen LogP contribution in [0.2, 0.25) is 0 Å². The van der Waals surface area contributed by atoms with Gasteiger partial charge in [-0.2, -0.15) is 0 Å². The second kappa shape index (κ2) is 6.79. The van der Waals surface area contributed by atoms with Crippen molar-refractivity contribution in [3.8, 4) is 0 Å². The maximum atomic E-state index is 12.1. The summed E-state index contributed by atoms with van der Waals surface area (Å²) in [5, 5.41) is 0.0965. The summed E-state index contributed by atoms with van der Waals surface area (Å²) in [4.78, 5) is 23.8. The van der Waals surface area contributed by atoms with Crippen molar-refractivity contribution in [1.82, 2.24) is 0 Å². The van der Waals surface area contributed by atoms with Crippen molar-refractivity contribution in [3.05, 3.63) is 23.8 Å². The largest absolute Gasteiger partial charge is 0.454 e. The molecule has 27 heavy (non-hydrogen) atoms. The lowest BCUT2D eigenvalue weighted by Crippen LogP contribution is -2.50. The van der Waals surface area contributed by atoms with E-state index in [9.17, 15) is 9.59 Å². The standard InChI is InChI=1S/C23H32O3S/c1-4-20(24)26-15-9-11-22(2)14(13-15)5-6-16-17-7-8-19(21(25)27)23(17,3)12-10-18(16)22/h9,11,13,15-19H,4-8,10,12H2,1-3H3,(H,25,27)/t15?,16-,17-,18-,19+,22-,23-/m0/s1. The molecule has 4 heteroatoms. The number of fused-ring (bicyclic) bond motifs is 5. The first-order chi connectivity index (χ1) is 12.8. The van der Waals surface area contributed by atoms with Gasteiger partial charge in [0.05, 0.1) is 0 Å². The minimum absolute atomic E-state index is 0.0719. The highest BCUT2D eigenvalue weighted by molar-refractivity contribution is 7.96. The molecule has 0 amide bonds. The Morgan fingerprint density at radius 3 is 2.67 bits per heavy atom. The van der Waals surface area contributed by atoms with Crippen molar-refractivity contribution in [3.63, 3.8) is 0 Å². The third kappa shape index (κ3) is 2.94. The Kier molecular flexibility index (Phi) is 4.85. The molecule has 148 valence electrons. The Labute approximate surface area is 168 Å². The molecule has 0 spiro atoms. The molecule has 4 aliphatic carbocycles. The molecule has 0 aromatic rings. The summed E-state index contributed by atoms with van der Waals surface area (Å²) in [5.41, 5.74) is 1.65. The van der Waals surface area contributed by atoms with E-state index < -0.39 is 0 Å². The molecule has 0 aliphatic heterocycles. The van der Waals surface area contributed by atoms with Gasteiger partial charge in [-0.25, -0.2) is 0 Å². The van der Waals surface area contributed by atoms with Gasteiger partial charge in [-0.15, -0.1) is 12.6 Å². The predicted octanol–water partition coefficient (Wildman–Crippen LogP) is 5.12. The summed E-state index contributed by atoms with van der Waals surface area (Å²) < 4.78 is 5.55. The number of ether oxygens (including phenoxy) is 1. The van der Waals surface area contributed by atoms with E-state index in [-0.39, 0.29) is 33.9 Å². The van der Waals surface area contributed by atoms with Crippen molar-refractivity contribution >= 4 is 23.7 Å². The van der Waals surface area contributed by atoms with Crippen LogP contribution in [0, 0.1) is 34.5 Å². The number of carbonyl (C=O) groups excluding carboxylic acids is 2. The first kappa shape index (κ1) is 19.3. The summed E-state index contributed by atoms with van der Waals surface area (Å²) in [6, 6.07) is 0. The second-order valence-corrected chi connectivity index (χ2v) is 10.0. The van der Waals surface area contributed by atoms with Crippen LogP contribution in [0.5, 0.6) is 0 Å². The number of carbonyl (C=O) groups is 2. The summed E-state index contributed by atoms with van der Waals surface area (Å²) in [7, 11) is 0. The zero-order chi connectivity index (χ0) is 19.4. The lowest BCUT2D eigenvalue weighted by molar-refractivity contribution is -0.145. The molecule has 4 rings (SSSR count). The third-order valence-electron chi connectivity index (χ3n) is 8.50. The fraction of sp³-hybridized carbons (Fsp3) is 0.739. The first-order valence-electron chi connectivity index (χ1n) is 10.6. The molecule has 4 aliphatic rings. The summed E-state index contributed by atoms with van der Waals surface area (Å²) in [6.45, 7) is 6.56. The maximum absolute atomic E-state index is 12.1. The van der Waals surface area contributed by atoms with E-state index in [0.717, 1.165) is 19.3 Å². The van der Waals surface area contributed by atoms with Crippen molar-refractivity contribution in [2.24, 2.45) is 34.5 Å². The molecule has 3 saturated carbocycles. The van der Waals surface area contributed by atoms with Gasteiger partial charge in [-0.1, -0.05) is 32.4 Å². The van der Waals surface area contributed by atoms with Gasteiger partial charge < -0.3 is 4.74 Å². The highest BCUT2D eigenvalue weighted by Gasteiger charge is 2.59. The number of thiol groups is 1. The second-order valence-electron chi connectivity index (χ2n) is 9.57. The van der Waals surface area contributed by atoms with E-state index in [4.69, 9.17) is 4.74 Å². The van der Waals surface area contributed by atoms with E-state index in [2.05, 4.69) is 44.7 Å². The average molecular weight is 389 g/mol. The van der Waals surface area contributed by atoms with Crippen molar-refractivity contribution in [2.45, 2.75) is 71.8 Å². The van der Waals surface area contributed by atoms with Gasteiger partial charge in [-0.05, 0) is 73.8 Å². The van der Waals surface area contributed by atoms with E-state index >= 15 is 0 Å². The van der Waals surface area contributed by atoms with Crippen LogP contribution in [0.4, 0.5) is 0 Å². The SMILES string of the molecule is CCC(=O)OC1C=C[C@@]2(C)C(=C1)CC[C@H]1[C@@H]3CC[C@H](C(=O)S)[C@@]3(C)CC[C@@H]12. The number of allylic oxidation sites excluding steroid dienone is 2. The van der Waals surface area contributed by atoms with E-state index in [0.29, 0.717) is 24.2 Å². The van der Waals surface area contributed by atoms with Crippen molar-refractivity contribution in [1.29, 1.82) is 0 Å². The van der Waals surface area contributed by atoms with Crippen LogP contribution in [0.25, 0.3) is 0 Å². The Balaban J connectivity index is 1.58. The number of hydrogen-bond acceptors (Lipinski definition) is 3. The van der Waals surface area contributed by atoms with Crippen molar-refractivity contribution in [2.75, 3.05) is 0 Å². The predicted molar refractivity (Wildman–Crippen MR) is 109 cm³/mol. The van der Waals surface area contributed by atoms with Crippen LogP contribution in [0.1, 0.15) is 65.7 Å². The van der Waals surface area contributed by atoms with Gasteiger partial charge in [0.2, 0.25) is 0 Å². The lowest BCUT2D eigenvalue weighted by Gasteiger charge is -2.57. The topological polar surface area (TPSA) is 43.4 Å². The summed E-state index contributed by atoms with van der Waals surface area (Å²) in [6.07, 6.45) is 13.6. The molecule has 7 atom stereocenters. The number of rotatable bonds is 3. The van der Waals surface area contributed by atoms with E-state index in [1.807, 2.05) is 6.92 Å². The van der Waals surface area contributed by atoms with Crippen molar-refractivity contribution < 1.29 is 14.3 Å². The lowest BCUT2D eigenvalue weighted by atomic mass is 9.48. The van der Waals surface area contributed by atoms with Gasteiger partial charge in [0.15, 0.2) is 5.12 Å².